The molecule has 1 aliphatic rings. The van der Waals surface area contributed by atoms with Crippen LogP contribution in [-0.4, -0.2) is 16.9 Å². The Kier molecular flexibility index (Phi) is 4.30. The molecule has 0 unspecified atom stereocenters. The lowest BCUT2D eigenvalue weighted by Crippen LogP contribution is -2.34. The summed E-state index contributed by atoms with van der Waals surface area (Å²) in [7, 11) is 0. The normalized spacial score (nSPS) is 16.6. The van der Waals surface area contributed by atoms with Gasteiger partial charge in [0.15, 0.2) is 0 Å². The summed E-state index contributed by atoms with van der Waals surface area (Å²) in [4.78, 5) is 15.9. The molecule has 1 aromatic rings. The molecule has 1 heterocycles. The van der Waals surface area contributed by atoms with Gasteiger partial charge in [-0.3, -0.25) is 4.79 Å². The molecular formula is C14H17N3O. The van der Waals surface area contributed by atoms with Crippen LogP contribution in [-0.2, 0) is 0 Å². The first kappa shape index (κ1) is 12.6. The molecule has 4 nitrogen and oxygen atoms in total. The van der Waals surface area contributed by atoms with Gasteiger partial charge in [0.2, 0.25) is 0 Å². The zero-order valence-electron chi connectivity index (χ0n) is 10.4. The van der Waals surface area contributed by atoms with Crippen molar-refractivity contribution in [2.75, 3.05) is 0 Å². The first-order chi connectivity index (χ1) is 8.79. The maximum absolute atomic E-state index is 12.0. The van der Waals surface area contributed by atoms with Crippen molar-refractivity contribution in [2.45, 2.75) is 44.6 Å². The third-order valence-corrected chi connectivity index (χ3v) is 3.33. The van der Waals surface area contributed by atoms with Gasteiger partial charge in [0.25, 0.3) is 5.91 Å². The van der Waals surface area contributed by atoms with E-state index < -0.39 is 0 Å². The molecule has 0 spiro atoms. The maximum Gasteiger partial charge on any atom is 0.253 e. The summed E-state index contributed by atoms with van der Waals surface area (Å²) in [5, 5.41) is 11.7. The molecule has 0 bridgehead atoms. The van der Waals surface area contributed by atoms with Gasteiger partial charge in [-0.15, -0.1) is 0 Å². The van der Waals surface area contributed by atoms with Crippen LogP contribution >= 0.6 is 0 Å². The molecule has 0 aliphatic heterocycles. The van der Waals surface area contributed by atoms with Gasteiger partial charge in [-0.25, -0.2) is 4.98 Å². The van der Waals surface area contributed by atoms with E-state index in [4.69, 9.17) is 5.26 Å². The van der Waals surface area contributed by atoms with Gasteiger partial charge in [-0.1, -0.05) is 25.7 Å². The number of carbonyl (C=O) groups excluding carboxylic acids is 1. The summed E-state index contributed by atoms with van der Waals surface area (Å²) in [6.45, 7) is 0. The van der Waals surface area contributed by atoms with Crippen LogP contribution in [0, 0.1) is 11.3 Å². The number of amides is 1. The van der Waals surface area contributed by atoms with Gasteiger partial charge < -0.3 is 5.32 Å². The largest absolute Gasteiger partial charge is 0.349 e. The van der Waals surface area contributed by atoms with E-state index in [1.165, 1.54) is 31.9 Å². The molecule has 1 N–H and O–H groups in total. The van der Waals surface area contributed by atoms with E-state index >= 15 is 0 Å². The molecule has 1 amide bonds. The van der Waals surface area contributed by atoms with Gasteiger partial charge in [-0.05, 0) is 25.0 Å². The number of nitriles is 1. The molecule has 0 saturated heterocycles. The van der Waals surface area contributed by atoms with Crippen molar-refractivity contribution in [1.29, 1.82) is 5.26 Å². The van der Waals surface area contributed by atoms with E-state index in [0.717, 1.165) is 12.8 Å². The molecule has 1 aliphatic carbocycles. The van der Waals surface area contributed by atoms with Crippen molar-refractivity contribution in [3.05, 3.63) is 29.6 Å². The summed E-state index contributed by atoms with van der Waals surface area (Å²) >= 11 is 0. The fourth-order valence-electron chi connectivity index (χ4n) is 2.29. The third-order valence-electron chi connectivity index (χ3n) is 3.33. The van der Waals surface area contributed by atoms with Crippen LogP contribution in [0.5, 0.6) is 0 Å². The van der Waals surface area contributed by atoms with Crippen molar-refractivity contribution in [1.82, 2.24) is 10.3 Å². The number of nitrogens with zero attached hydrogens (tertiary/aromatic N) is 2. The Morgan fingerprint density at radius 3 is 2.56 bits per heavy atom. The summed E-state index contributed by atoms with van der Waals surface area (Å²) in [5.41, 5.74) is 0.860. The number of nitrogens with one attached hydrogen (secondary N) is 1. The molecule has 1 saturated carbocycles. The second-order valence-electron chi connectivity index (χ2n) is 4.71. The maximum atomic E-state index is 12.0. The standard InChI is InChI=1S/C14H17N3O/c15-9-13-8-7-11(10-16-13)14(18)17-12-5-3-1-2-4-6-12/h7-8,10,12H,1-6H2,(H,17,18). The zero-order valence-corrected chi connectivity index (χ0v) is 10.4. The molecule has 4 heteroatoms. The first-order valence-corrected chi connectivity index (χ1v) is 6.46. The summed E-state index contributed by atoms with van der Waals surface area (Å²) in [6.07, 6.45) is 8.51. The minimum Gasteiger partial charge on any atom is -0.349 e. The van der Waals surface area contributed by atoms with Gasteiger partial charge in [0, 0.05) is 12.2 Å². The number of carbonyl (C=O) groups is 1. The predicted octanol–water partition coefficient (Wildman–Crippen LogP) is 2.41. The van der Waals surface area contributed by atoms with Crippen molar-refractivity contribution < 1.29 is 4.79 Å². The second-order valence-corrected chi connectivity index (χ2v) is 4.71. The minimum absolute atomic E-state index is 0.0844. The van der Waals surface area contributed by atoms with E-state index in [1.54, 1.807) is 12.1 Å². The van der Waals surface area contributed by atoms with Crippen molar-refractivity contribution in [2.24, 2.45) is 0 Å². The highest BCUT2D eigenvalue weighted by molar-refractivity contribution is 5.94. The van der Waals surface area contributed by atoms with E-state index in [2.05, 4.69) is 10.3 Å². The smallest absolute Gasteiger partial charge is 0.253 e. The minimum atomic E-state index is -0.0844. The monoisotopic (exact) mass is 243 g/mol. The van der Waals surface area contributed by atoms with Gasteiger partial charge >= 0.3 is 0 Å². The Balaban J connectivity index is 1.95. The van der Waals surface area contributed by atoms with Crippen LogP contribution < -0.4 is 5.32 Å². The van der Waals surface area contributed by atoms with Crippen LogP contribution in [0.1, 0.15) is 54.6 Å². The lowest BCUT2D eigenvalue weighted by Gasteiger charge is -2.15. The highest BCUT2D eigenvalue weighted by Gasteiger charge is 2.15. The van der Waals surface area contributed by atoms with Crippen molar-refractivity contribution >= 4 is 5.91 Å². The summed E-state index contributed by atoms with van der Waals surface area (Å²) in [6, 6.07) is 5.45. The average Bonchev–Trinajstić information content (AvgIpc) is 2.67. The molecule has 0 radical (unpaired) electrons. The number of hydrogen-bond donors (Lipinski definition) is 1. The number of pyridine rings is 1. The molecule has 1 fully saturated rings. The molecular weight excluding hydrogens is 226 g/mol. The Hall–Kier alpha value is -1.89. The number of rotatable bonds is 2. The van der Waals surface area contributed by atoms with Gasteiger partial charge in [0.05, 0.1) is 5.56 Å². The van der Waals surface area contributed by atoms with E-state index in [0.29, 0.717) is 11.3 Å². The second kappa shape index (κ2) is 6.15. The van der Waals surface area contributed by atoms with Crippen molar-refractivity contribution in [3.63, 3.8) is 0 Å². The van der Waals surface area contributed by atoms with Crippen LogP contribution in [0.2, 0.25) is 0 Å². The number of aromatic nitrogens is 1. The van der Waals surface area contributed by atoms with E-state index in [1.807, 2.05) is 6.07 Å². The fraction of sp³-hybridized carbons (Fsp3) is 0.500. The summed E-state index contributed by atoms with van der Waals surface area (Å²) < 4.78 is 0. The van der Waals surface area contributed by atoms with Crippen LogP contribution in [0.4, 0.5) is 0 Å². The molecule has 94 valence electrons. The predicted molar refractivity (Wildman–Crippen MR) is 67.9 cm³/mol. The zero-order chi connectivity index (χ0) is 12.8. The molecule has 0 atom stereocenters. The Morgan fingerprint density at radius 1 is 1.28 bits per heavy atom. The van der Waals surface area contributed by atoms with E-state index in [9.17, 15) is 4.79 Å². The Bertz CT molecular complexity index is 439. The third kappa shape index (κ3) is 3.30. The molecule has 0 aromatic carbocycles. The topological polar surface area (TPSA) is 65.8 Å². The van der Waals surface area contributed by atoms with Crippen molar-refractivity contribution in [3.8, 4) is 6.07 Å². The quantitative estimate of drug-likeness (QED) is 0.811. The average molecular weight is 243 g/mol. The van der Waals surface area contributed by atoms with E-state index in [-0.39, 0.29) is 11.9 Å². The van der Waals surface area contributed by atoms with Crippen LogP contribution in [0.15, 0.2) is 18.3 Å². The molecule has 18 heavy (non-hydrogen) atoms. The Labute approximate surface area is 107 Å². The number of hydrogen-bond acceptors (Lipinski definition) is 3. The fourth-order valence-corrected chi connectivity index (χ4v) is 2.29. The molecule has 2 rings (SSSR count). The van der Waals surface area contributed by atoms with Crippen LogP contribution in [0.3, 0.4) is 0 Å². The summed E-state index contributed by atoms with van der Waals surface area (Å²) in [5.74, 6) is -0.0844. The Morgan fingerprint density at radius 2 is 2.00 bits per heavy atom. The SMILES string of the molecule is N#Cc1ccc(C(=O)NC2CCCCCC2)cn1. The first-order valence-electron chi connectivity index (χ1n) is 6.46. The van der Waals surface area contributed by atoms with Crippen LogP contribution in [0.25, 0.3) is 0 Å². The highest BCUT2D eigenvalue weighted by Crippen LogP contribution is 2.17. The molecule has 1 aromatic heterocycles. The lowest BCUT2D eigenvalue weighted by molar-refractivity contribution is 0.0933. The van der Waals surface area contributed by atoms with Gasteiger partial charge in [-0.2, -0.15) is 5.26 Å². The highest BCUT2D eigenvalue weighted by atomic mass is 16.1. The van der Waals surface area contributed by atoms with Gasteiger partial charge in [0.1, 0.15) is 11.8 Å². The lowest BCUT2D eigenvalue weighted by atomic mass is 10.1.